The van der Waals surface area contributed by atoms with Gasteiger partial charge in [0.1, 0.15) is 5.56 Å². The molecule has 1 amide bonds. The zero-order valence-corrected chi connectivity index (χ0v) is 15.7. The van der Waals surface area contributed by atoms with Gasteiger partial charge in [-0.3, -0.25) is 14.6 Å². The van der Waals surface area contributed by atoms with Crippen LogP contribution in [0.2, 0.25) is 0 Å². The third-order valence-corrected chi connectivity index (χ3v) is 5.73. The van der Waals surface area contributed by atoms with Crippen LogP contribution in [0.15, 0.2) is 70.7 Å². The lowest BCUT2D eigenvalue weighted by Crippen LogP contribution is -2.31. The summed E-state index contributed by atoms with van der Waals surface area (Å²) in [5.41, 5.74) is 2.98. The fourth-order valence-electron chi connectivity index (χ4n) is 3.64. The van der Waals surface area contributed by atoms with Crippen LogP contribution in [0.3, 0.4) is 0 Å². The molecule has 4 rings (SSSR count). The lowest BCUT2D eigenvalue weighted by Gasteiger charge is -2.17. The molecular weight excluding hydrogens is 358 g/mol. The highest BCUT2D eigenvalue weighted by Crippen LogP contribution is 2.38. The number of amides is 1. The summed E-state index contributed by atoms with van der Waals surface area (Å²) in [6.07, 6.45) is 8.84. The fraction of sp³-hybridized carbons (Fsp3) is 0.190. The van der Waals surface area contributed by atoms with Crippen molar-refractivity contribution in [1.82, 2.24) is 9.55 Å². The molecule has 136 valence electrons. The highest BCUT2D eigenvalue weighted by molar-refractivity contribution is 7.98. The number of nitrogens with zero attached hydrogens (tertiary/aromatic N) is 2. The van der Waals surface area contributed by atoms with E-state index in [2.05, 4.69) is 28.7 Å². The molecule has 0 saturated heterocycles. The number of carbonyl (C=O) groups excluding carboxylic acids is 1. The van der Waals surface area contributed by atoms with E-state index in [0.717, 1.165) is 12.8 Å². The molecule has 0 fully saturated rings. The molecule has 6 heteroatoms. The normalized spacial score (nSPS) is 15.4. The molecular formula is C21H19N3O2S. The number of pyridine rings is 2. The summed E-state index contributed by atoms with van der Waals surface area (Å²) < 4.78 is 1.69. The van der Waals surface area contributed by atoms with Crippen molar-refractivity contribution in [2.45, 2.75) is 23.8 Å². The van der Waals surface area contributed by atoms with Crippen molar-refractivity contribution in [2.75, 3.05) is 11.6 Å². The second-order valence-corrected chi connectivity index (χ2v) is 7.25. The molecule has 0 bridgehead atoms. The minimum Gasteiger partial charge on any atom is -0.322 e. The van der Waals surface area contributed by atoms with Gasteiger partial charge in [0.2, 0.25) is 0 Å². The standard InChI is InChI=1S/C21H19N3O2S/c1-27-19-6-2-4-15-16(19)7-8-18(15)24-13-3-5-17(21(24)26)20(25)23-14-9-11-22-12-10-14/h2-6,9-13,18H,7-8H2,1H3,(H,22,23,25). The highest BCUT2D eigenvalue weighted by Gasteiger charge is 2.27. The summed E-state index contributed by atoms with van der Waals surface area (Å²) in [4.78, 5) is 30.8. The molecule has 0 spiro atoms. The molecule has 1 unspecified atom stereocenters. The first kappa shape index (κ1) is 17.5. The van der Waals surface area contributed by atoms with Gasteiger partial charge in [-0.05, 0) is 60.6 Å². The number of nitrogens with one attached hydrogen (secondary N) is 1. The largest absolute Gasteiger partial charge is 0.322 e. The third kappa shape index (κ3) is 3.28. The number of anilines is 1. The molecule has 1 aromatic carbocycles. The minimum absolute atomic E-state index is 0.0340. The summed E-state index contributed by atoms with van der Waals surface area (Å²) in [7, 11) is 0. The van der Waals surface area contributed by atoms with E-state index in [1.165, 1.54) is 16.0 Å². The van der Waals surface area contributed by atoms with Gasteiger partial charge < -0.3 is 9.88 Å². The van der Waals surface area contributed by atoms with Crippen LogP contribution in [0.5, 0.6) is 0 Å². The smallest absolute Gasteiger partial charge is 0.263 e. The lowest BCUT2D eigenvalue weighted by molar-refractivity contribution is 0.102. The molecule has 5 nitrogen and oxygen atoms in total. The van der Waals surface area contributed by atoms with Gasteiger partial charge in [0, 0.05) is 29.2 Å². The Kier molecular flexibility index (Phi) is 4.81. The summed E-state index contributed by atoms with van der Waals surface area (Å²) in [5.74, 6) is -0.406. The molecule has 1 aliphatic rings. The lowest BCUT2D eigenvalue weighted by atomic mass is 10.1. The van der Waals surface area contributed by atoms with Gasteiger partial charge in [0.05, 0.1) is 6.04 Å². The van der Waals surface area contributed by atoms with Gasteiger partial charge in [0.15, 0.2) is 0 Å². The first-order valence-electron chi connectivity index (χ1n) is 8.77. The van der Waals surface area contributed by atoms with Crippen LogP contribution >= 0.6 is 11.8 Å². The Labute approximate surface area is 161 Å². The molecule has 1 atom stereocenters. The van der Waals surface area contributed by atoms with E-state index >= 15 is 0 Å². The number of benzene rings is 1. The maximum Gasteiger partial charge on any atom is 0.263 e. The van der Waals surface area contributed by atoms with E-state index in [0.29, 0.717) is 5.69 Å². The summed E-state index contributed by atoms with van der Waals surface area (Å²) in [6, 6.07) is 12.9. The number of fused-ring (bicyclic) bond motifs is 1. The molecule has 0 radical (unpaired) electrons. The Hall–Kier alpha value is -2.86. The average Bonchev–Trinajstić information content (AvgIpc) is 3.13. The van der Waals surface area contributed by atoms with Gasteiger partial charge in [-0.2, -0.15) is 0 Å². The maximum absolute atomic E-state index is 13.0. The van der Waals surface area contributed by atoms with Gasteiger partial charge in [-0.1, -0.05) is 12.1 Å². The van der Waals surface area contributed by atoms with Crippen molar-refractivity contribution in [1.29, 1.82) is 0 Å². The van der Waals surface area contributed by atoms with Crippen LogP contribution in [-0.4, -0.2) is 21.7 Å². The molecule has 0 saturated carbocycles. The number of hydrogen-bond acceptors (Lipinski definition) is 4. The number of thioether (sulfide) groups is 1. The second kappa shape index (κ2) is 7.40. The van der Waals surface area contributed by atoms with E-state index in [-0.39, 0.29) is 17.2 Å². The Morgan fingerprint density at radius 1 is 1.19 bits per heavy atom. The van der Waals surface area contributed by atoms with E-state index in [4.69, 9.17) is 0 Å². The van der Waals surface area contributed by atoms with Crippen molar-refractivity contribution in [2.24, 2.45) is 0 Å². The van der Waals surface area contributed by atoms with Gasteiger partial charge in [0.25, 0.3) is 11.5 Å². The van der Waals surface area contributed by atoms with Gasteiger partial charge in [-0.15, -0.1) is 11.8 Å². The average molecular weight is 377 g/mol. The molecule has 2 aromatic heterocycles. The topological polar surface area (TPSA) is 64.0 Å². The van der Waals surface area contributed by atoms with E-state index in [9.17, 15) is 9.59 Å². The molecule has 1 N–H and O–H groups in total. The molecule has 0 aliphatic heterocycles. The maximum atomic E-state index is 13.0. The van der Waals surface area contributed by atoms with E-state index in [1.54, 1.807) is 59.2 Å². The van der Waals surface area contributed by atoms with Crippen molar-refractivity contribution < 1.29 is 4.79 Å². The first-order chi connectivity index (χ1) is 13.2. The summed E-state index contributed by atoms with van der Waals surface area (Å²) in [5, 5.41) is 2.76. The molecule has 2 heterocycles. The van der Waals surface area contributed by atoms with E-state index in [1.807, 2.05) is 6.07 Å². The van der Waals surface area contributed by atoms with Gasteiger partial charge >= 0.3 is 0 Å². The molecule has 27 heavy (non-hydrogen) atoms. The molecule has 1 aliphatic carbocycles. The molecule has 3 aromatic rings. The second-order valence-electron chi connectivity index (χ2n) is 6.41. The Balaban J connectivity index is 1.68. The highest BCUT2D eigenvalue weighted by atomic mass is 32.2. The van der Waals surface area contributed by atoms with Crippen molar-refractivity contribution >= 4 is 23.4 Å². The van der Waals surface area contributed by atoms with Crippen LogP contribution < -0.4 is 10.9 Å². The van der Waals surface area contributed by atoms with Crippen molar-refractivity contribution in [3.63, 3.8) is 0 Å². The van der Waals surface area contributed by atoms with Crippen LogP contribution in [0, 0.1) is 0 Å². The predicted octanol–water partition coefficient (Wildman–Crippen LogP) is 3.75. The third-order valence-electron chi connectivity index (χ3n) is 4.91. The number of aromatic nitrogens is 2. The summed E-state index contributed by atoms with van der Waals surface area (Å²) in [6.45, 7) is 0. The SMILES string of the molecule is CSc1cccc2c1CCC2n1cccc(C(=O)Nc2ccncc2)c1=O. The monoisotopic (exact) mass is 377 g/mol. The van der Waals surface area contributed by atoms with E-state index < -0.39 is 5.91 Å². The number of carbonyl (C=O) groups is 1. The van der Waals surface area contributed by atoms with Crippen LogP contribution in [0.25, 0.3) is 0 Å². The fourth-order valence-corrected chi connectivity index (χ4v) is 4.32. The van der Waals surface area contributed by atoms with Crippen LogP contribution in [0.1, 0.15) is 33.9 Å². The summed E-state index contributed by atoms with van der Waals surface area (Å²) >= 11 is 1.73. The van der Waals surface area contributed by atoms with Crippen LogP contribution in [-0.2, 0) is 6.42 Å². The minimum atomic E-state index is -0.406. The Morgan fingerprint density at radius 3 is 2.78 bits per heavy atom. The van der Waals surface area contributed by atoms with Crippen molar-refractivity contribution in [3.05, 3.63) is 88.1 Å². The zero-order valence-electron chi connectivity index (χ0n) is 14.9. The Bertz CT molecular complexity index is 1050. The first-order valence-corrected chi connectivity index (χ1v) is 10.00. The van der Waals surface area contributed by atoms with Gasteiger partial charge in [-0.25, -0.2) is 0 Å². The number of hydrogen-bond donors (Lipinski definition) is 1. The quantitative estimate of drug-likeness (QED) is 0.703. The number of rotatable bonds is 4. The zero-order chi connectivity index (χ0) is 18.8. The Morgan fingerprint density at radius 2 is 2.00 bits per heavy atom. The predicted molar refractivity (Wildman–Crippen MR) is 108 cm³/mol. The van der Waals surface area contributed by atoms with Crippen molar-refractivity contribution in [3.8, 4) is 0 Å². The van der Waals surface area contributed by atoms with Crippen LogP contribution in [0.4, 0.5) is 5.69 Å².